The van der Waals surface area contributed by atoms with Crippen molar-refractivity contribution < 1.29 is 52.4 Å². The Hall–Kier alpha value is -2.69. The van der Waals surface area contributed by atoms with Gasteiger partial charge in [-0.05, 0) is 0 Å². The van der Waals surface area contributed by atoms with E-state index in [1.54, 1.807) is 0 Å². The molecule has 0 saturated carbocycles. The molecule has 1 aliphatic rings. The van der Waals surface area contributed by atoms with Gasteiger partial charge in [-0.15, -0.1) is 0 Å². The maximum absolute atomic E-state index is 12.0. The lowest BCUT2D eigenvalue weighted by Crippen LogP contribution is -2.64. The van der Waals surface area contributed by atoms with Crippen LogP contribution in [-0.4, -0.2) is 67.7 Å². The predicted octanol–water partition coefficient (Wildman–Crippen LogP) is -0.757. The monoisotopic (exact) mass is 376 g/mol. The maximum atomic E-state index is 12.0. The highest BCUT2D eigenvalue weighted by molar-refractivity contribution is 5.77. The van der Waals surface area contributed by atoms with E-state index in [1.807, 2.05) is 0 Å². The van der Waals surface area contributed by atoms with Crippen molar-refractivity contribution in [1.29, 1.82) is 0 Å². The second kappa shape index (κ2) is 9.13. The van der Waals surface area contributed by atoms with Gasteiger partial charge in [0, 0.05) is 27.7 Å². The molecule has 146 valence electrons. The molecule has 5 atom stereocenters. The fourth-order valence-electron chi connectivity index (χ4n) is 2.34. The van der Waals surface area contributed by atoms with E-state index in [9.17, 15) is 24.0 Å². The third-order valence-electron chi connectivity index (χ3n) is 3.12. The van der Waals surface area contributed by atoms with Crippen LogP contribution in [0.4, 0.5) is 0 Å². The van der Waals surface area contributed by atoms with Crippen LogP contribution < -0.4 is 0 Å². The summed E-state index contributed by atoms with van der Waals surface area (Å²) in [5.74, 6) is -4.25. The highest BCUT2D eigenvalue weighted by atomic mass is 16.7. The Bertz CT molecular complexity index is 584. The minimum absolute atomic E-state index is 0.814. The second-order valence-corrected chi connectivity index (χ2v) is 5.28. The Balaban J connectivity index is 3.37. The summed E-state index contributed by atoms with van der Waals surface area (Å²) in [7, 11) is 1.05. The molecule has 0 aromatic rings. The molecule has 1 saturated heterocycles. The standard InChI is InChI=1S/C15H20O11/c1-6(16)22-10-11(23-7(2)17)13(24-8(3)18)15(25-9(4)19)26-12(10)14(20)21-5/h10-13,15H,1-5H3/t10-,11-,12+,13-,15-/m0/s1. The molecule has 1 aliphatic heterocycles. The minimum atomic E-state index is -1.60. The van der Waals surface area contributed by atoms with Crippen LogP contribution in [0.2, 0.25) is 0 Å². The van der Waals surface area contributed by atoms with Gasteiger partial charge >= 0.3 is 29.8 Å². The van der Waals surface area contributed by atoms with Crippen molar-refractivity contribution in [3.8, 4) is 0 Å². The van der Waals surface area contributed by atoms with E-state index in [-0.39, 0.29) is 0 Å². The first kappa shape index (κ1) is 21.4. The Morgan fingerprint density at radius 2 is 1.08 bits per heavy atom. The lowest BCUT2D eigenvalue weighted by molar-refractivity contribution is -0.294. The summed E-state index contributed by atoms with van der Waals surface area (Å²) in [6.07, 6.45) is -7.66. The number of esters is 5. The van der Waals surface area contributed by atoms with Crippen LogP contribution in [0.5, 0.6) is 0 Å². The van der Waals surface area contributed by atoms with Gasteiger partial charge < -0.3 is 28.4 Å². The van der Waals surface area contributed by atoms with Crippen LogP contribution in [0.1, 0.15) is 27.7 Å². The molecular formula is C15H20O11. The number of methoxy groups -OCH3 is 1. The fourth-order valence-corrected chi connectivity index (χ4v) is 2.34. The number of hydrogen-bond acceptors (Lipinski definition) is 11. The van der Waals surface area contributed by atoms with Gasteiger partial charge in [-0.1, -0.05) is 0 Å². The number of hydrogen-bond donors (Lipinski definition) is 0. The zero-order chi connectivity index (χ0) is 20.0. The first-order valence-corrected chi connectivity index (χ1v) is 7.49. The molecular weight excluding hydrogens is 356 g/mol. The van der Waals surface area contributed by atoms with Gasteiger partial charge in [0.05, 0.1) is 7.11 Å². The Morgan fingerprint density at radius 1 is 0.654 bits per heavy atom. The SMILES string of the molecule is COC(=O)[C@@H]1O[C@H](OC(C)=O)[C@@H](OC(C)=O)[C@@H](OC(C)=O)[C@@H]1OC(C)=O. The zero-order valence-electron chi connectivity index (χ0n) is 14.9. The Morgan fingerprint density at radius 3 is 1.50 bits per heavy atom. The van der Waals surface area contributed by atoms with Crippen molar-refractivity contribution in [2.45, 2.75) is 58.4 Å². The summed E-state index contributed by atoms with van der Waals surface area (Å²) < 4.78 is 30.0. The molecule has 0 amide bonds. The molecule has 26 heavy (non-hydrogen) atoms. The summed E-state index contributed by atoms with van der Waals surface area (Å²) in [5, 5.41) is 0. The van der Waals surface area contributed by atoms with Crippen LogP contribution in [0.15, 0.2) is 0 Å². The normalized spacial score (nSPS) is 27.7. The topological polar surface area (TPSA) is 141 Å². The molecule has 0 spiro atoms. The van der Waals surface area contributed by atoms with E-state index in [4.69, 9.17) is 23.7 Å². The van der Waals surface area contributed by atoms with Crippen LogP contribution in [0.3, 0.4) is 0 Å². The number of ether oxygens (including phenoxy) is 6. The fraction of sp³-hybridized carbons (Fsp3) is 0.667. The minimum Gasteiger partial charge on any atom is -0.467 e. The lowest BCUT2D eigenvalue weighted by atomic mass is 9.97. The van der Waals surface area contributed by atoms with Crippen LogP contribution in [0.25, 0.3) is 0 Å². The summed E-state index contributed by atoms with van der Waals surface area (Å²) in [6.45, 7) is 4.22. The molecule has 0 unspecified atom stereocenters. The molecule has 0 N–H and O–H groups in total. The summed E-state index contributed by atoms with van der Waals surface area (Å²) in [5.41, 5.74) is 0. The first-order chi connectivity index (χ1) is 12.1. The highest BCUT2D eigenvalue weighted by Crippen LogP contribution is 2.30. The number of carbonyl (C=O) groups is 5. The lowest BCUT2D eigenvalue weighted by Gasteiger charge is -2.42. The molecule has 11 heteroatoms. The van der Waals surface area contributed by atoms with Gasteiger partial charge in [0.2, 0.25) is 12.4 Å². The van der Waals surface area contributed by atoms with Crippen molar-refractivity contribution in [3.05, 3.63) is 0 Å². The maximum Gasteiger partial charge on any atom is 0.339 e. The third-order valence-corrected chi connectivity index (χ3v) is 3.12. The number of rotatable bonds is 5. The van der Waals surface area contributed by atoms with Crippen molar-refractivity contribution >= 4 is 29.8 Å². The van der Waals surface area contributed by atoms with Gasteiger partial charge in [0.1, 0.15) is 0 Å². The van der Waals surface area contributed by atoms with Crippen molar-refractivity contribution in [1.82, 2.24) is 0 Å². The highest BCUT2D eigenvalue weighted by Gasteiger charge is 2.56. The van der Waals surface area contributed by atoms with E-state index in [1.165, 1.54) is 0 Å². The summed E-state index contributed by atoms with van der Waals surface area (Å²) in [4.78, 5) is 57.7. The van der Waals surface area contributed by atoms with E-state index in [0.29, 0.717) is 0 Å². The quantitative estimate of drug-likeness (QED) is 0.441. The molecule has 0 aromatic heterocycles. The molecule has 1 fully saturated rings. The van der Waals surface area contributed by atoms with Gasteiger partial charge in [-0.25, -0.2) is 4.79 Å². The first-order valence-electron chi connectivity index (χ1n) is 7.49. The largest absolute Gasteiger partial charge is 0.467 e. The van der Waals surface area contributed by atoms with Gasteiger partial charge in [0.15, 0.2) is 18.3 Å². The molecule has 1 heterocycles. The van der Waals surface area contributed by atoms with E-state index >= 15 is 0 Å². The van der Waals surface area contributed by atoms with Crippen LogP contribution >= 0.6 is 0 Å². The molecule has 0 aromatic carbocycles. The average Bonchev–Trinajstić information content (AvgIpc) is 2.50. The Labute approximate surface area is 148 Å². The number of carbonyl (C=O) groups excluding carboxylic acids is 5. The Kier molecular flexibility index (Phi) is 7.50. The third kappa shape index (κ3) is 5.69. The van der Waals surface area contributed by atoms with Crippen molar-refractivity contribution in [2.75, 3.05) is 7.11 Å². The van der Waals surface area contributed by atoms with Crippen molar-refractivity contribution in [2.24, 2.45) is 0 Å². The molecule has 11 nitrogen and oxygen atoms in total. The second-order valence-electron chi connectivity index (χ2n) is 5.28. The van der Waals surface area contributed by atoms with Crippen LogP contribution in [0, 0.1) is 0 Å². The molecule has 0 radical (unpaired) electrons. The molecule has 0 bridgehead atoms. The summed E-state index contributed by atoms with van der Waals surface area (Å²) >= 11 is 0. The molecule has 1 rings (SSSR count). The van der Waals surface area contributed by atoms with Gasteiger partial charge in [-0.2, -0.15) is 0 Å². The van der Waals surface area contributed by atoms with Crippen LogP contribution in [-0.2, 0) is 52.4 Å². The van der Waals surface area contributed by atoms with E-state index in [0.717, 1.165) is 34.8 Å². The zero-order valence-corrected chi connectivity index (χ0v) is 14.9. The molecule has 0 aliphatic carbocycles. The smallest absolute Gasteiger partial charge is 0.339 e. The predicted molar refractivity (Wildman–Crippen MR) is 79.1 cm³/mol. The van der Waals surface area contributed by atoms with Gasteiger partial charge in [-0.3, -0.25) is 19.2 Å². The van der Waals surface area contributed by atoms with E-state index < -0.39 is 60.6 Å². The van der Waals surface area contributed by atoms with Crippen molar-refractivity contribution in [3.63, 3.8) is 0 Å². The van der Waals surface area contributed by atoms with Gasteiger partial charge in [0.25, 0.3) is 0 Å². The average molecular weight is 376 g/mol. The summed E-state index contributed by atoms with van der Waals surface area (Å²) in [6, 6.07) is 0. The van der Waals surface area contributed by atoms with E-state index in [2.05, 4.69) is 4.74 Å².